The number of ether oxygens (including phenoxy) is 1. The predicted molar refractivity (Wildman–Crippen MR) is 80.8 cm³/mol. The van der Waals surface area contributed by atoms with Crippen molar-refractivity contribution >= 4 is 15.9 Å². The third kappa shape index (κ3) is 4.86. The summed E-state index contributed by atoms with van der Waals surface area (Å²) in [5.74, 6) is -0.216. The lowest BCUT2D eigenvalue weighted by Crippen LogP contribution is -2.27. The molecule has 108 valence electrons. The summed E-state index contributed by atoms with van der Waals surface area (Å²) in [6.07, 6.45) is 1.81. The van der Waals surface area contributed by atoms with Crippen LogP contribution in [0.2, 0.25) is 0 Å². The molecule has 2 nitrogen and oxygen atoms in total. The van der Waals surface area contributed by atoms with E-state index in [-0.39, 0.29) is 17.5 Å². The van der Waals surface area contributed by atoms with Gasteiger partial charge in [-0.25, -0.2) is 4.39 Å². The largest absolute Gasteiger partial charge is 0.379 e. The van der Waals surface area contributed by atoms with Gasteiger partial charge in [0.1, 0.15) is 5.82 Å². The summed E-state index contributed by atoms with van der Waals surface area (Å²) in [5.41, 5.74) is 0.807. The highest BCUT2D eigenvalue weighted by Crippen LogP contribution is 2.30. The van der Waals surface area contributed by atoms with Crippen molar-refractivity contribution in [1.29, 1.82) is 0 Å². The zero-order valence-electron chi connectivity index (χ0n) is 12.1. The molecule has 1 aromatic carbocycles. The molecular formula is C15H23BrFNO. The molecule has 0 aliphatic carbocycles. The summed E-state index contributed by atoms with van der Waals surface area (Å²) in [5, 5.41) is 3.41. The zero-order chi connectivity index (χ0) is 14.5. The van der Waals surface area contributed by atoms with Crippen molar-refractivity contribution in [2.45, 2.75) is 45.3 Å². The van der Waals surface area contributed by atoms with Crippen molar-refractivity contribution < 1.29 is 9.13 Å². The highest BCUT2D eigenvalue weighted by Gasteiger charge is 2.21. The fraction of sp³-hybridized carbons (Fsp3) is 0.600. The molecule has 0 spiro atoms. The maximum atomic E-state index is 13.6. The van der Waals surface area contributed by atoms with E-state index in [2.05, 4.69) is 42.0 Å². The molecule has 0 bridgehead atoms. The number of halogens is 2. The quantitative estimate of drug-likeness (QED) is 0.797. The van der Waals surface area contributed by atoms with Crippen LogP contribution in [-0.4, -0.2) is 19.3 Å². The van der Waals surface area contributed by atoms with Gasteiger partial charge in [0.2, 0.25) is 0 Å². The van der Waals surface area contributed by atoms with Gasteiger partial charge in [-0.2, -0.15) is 0 Å². The molecule has 0 aliphatic heterocycles. The van der Waals surface area contributed by atoms with Crippen LogP contribution in [0.3, 0.4) is 0 Å². The lowest BCUT2D eigenvalue weighted by atomic mass is 9.95. The molecule has 1 atom stereocenters. The number of hydrogen-bond acceptors (Lipinski definition) is 2. The van der Waals surface area contributed by atoms with Crippen molar-refractivity contribution in [2.24, 2.45) is 0 Å². The fourth-order valence-electron chi connectivity index (χ4n) is 2.00. The second-order valence-electron chi connectivity index (χ2n) is 5.26. The van der Waals surface area contributed by atoms with Crippen LogP contribution in [0.5, 0.6) is 0 Å². The van der Waals surface area contributed by atoms with E-state index in [1.54, 1.807) is 13.2 Å². The van der Waals surface area contributed by atoms with Crippen LogP contribution in [-0.2, 0) is 4.74 Å². The van der Waals surface area contributed by atoms with Gasteiger partial charge in [-0.15, -0.1) is 0 Å². The summed E-state index contributed by atoms with van der Waals surface area (Å²) in [4.78, 5) is 0. The summed E-state index contributed by atoms with van der Waals surface area (Å²) in [6, 6.07) is 5.31. The van der Waals surface area contributed by atoms with Crippen molar-refractivity contribution in [1.82, 2.24) is 5.32 Å². The number of rotatable bonds is 7. The Bertz CT molecular complexity index is 409. The van der Waals surface area contributed by atoms with Gasteiger partial charge in [0.05, 0.1) is 10.1 Å². The highest BCUT2D eigenvalue weighted by molar-refractivity contribution is 9.10. The Morgan fingerprint density at radius 1 is 1.42 bits per heavy atom. The van der Waals surface area contributed by atoms with Crippen LogP contribution in [0.1, 0.15) is 45.2 Å². The Hall–Kier alpha value is -0.450. The predicted octanol–water partition coefficient (Wildman–Crippen LogP) is 4.44. The number of methoxy groups -OCH3 is 1. The Labute approximate surface area is 123 Å². The monoisotopic (exact) mass is 331 g/mol. The first-order valence-electron chi connectivity index (χ1n) is 6.63. The van der Waals surface area contributed by atoms with E-state index in [1.807, 2.05) is 6.07 Å². The van der Waals surface area contributed by atoms with Gasteiger partial charge >= 0.3 is 0 Å². The first-order valence-corrected chi connectivity index (χ1v) is 7.43. The SMILES string of the molecule is CCNC(CCC(C)(C)OC)c1cccc(F)c1Br. The molecule has 4 heteroatoms. The second kappa shape index (κ2) is 7.36. The van der Waals surface area contributed by atoms with Gasteiger partial charge in [-0.3, -0.25) is 0 Å². The molecule has 1 unspecified atom stereocenters. The van der Waals surface area contributed by atoms with Gasteiger partial charge in [-0.1, -0.05) is 19.1 Å². The first kappa shape index (κ1) is 16.6. The maximum Gasteiger partial charge on any atom is 0.137 e. The smallest absolute Gasteiger partial charge is 0.137 e. The molecule has 0 heterocycles. The topological polar surface area (TPSA) is 21.3 Å². The van der Waals surface area contributed by atoms with Crippen molar-refractivity contribution in [3.8, 4) is 0 Å². The van der Waals surface area contributed by atoms with Gasteiger partial charge < -0.3 is 10.1 Å². The Morgan fingerprint density at radius 3 is 2.68 bits per heavy atom. The van der Waals surface area contributed by atoms with Crippen LogP contribution >= 0.6 is 15.9 Å². The Kier molecular flexibility index (Phi) is 6.43. The van der Waals surface area contributed by atoms with Crippen molar-refractivity contribution in [3.05, 3.63) is 34.1 Å². The molecule has 0 saturated heterocycles. The van der Waals surface area contributed by atoms with Crippen LogP contribution in [0, 0.1) is 5.82 Å². The fourth-order valence-corrected chi connectivity index (χ4v) is 2.54. The van der Waals surface area contributed by atoms with E-state index in [0.717, 1.165) is 24.9 Å². The molecule has 19 heavy (non-hydrogen) atoms. The summed E-state index contributed by atoms with van der Waals surface area (Å²) >= 11 is 3.34. The summed E-state index contributed by atoms with van der Waals surface area (Å²) in [6.45, 7) is 7.04. The average Bonchev–Trinajstić information content (AvgIpc) is 2.38. The number of nitrogens with one attached hydrogen (secondary N) is 1. The standard InChI is InChI=1S/C15H23BrFNO/c1-5-18-13(9-10-15(2,3)19-4)11-7-6-8-12(17)14(11)16/h6-8,13,18H,5,9-10H2,1-4H3. The molecule has 0 aromatic heterocycles. The first-order chi connectivity index (χ1) is 8.91. The number of hydrogen-bond donors (Lipinski definition) is 1. The minimum atomic E-state index is -0.216. The normalized spacial score (nSPS) is 13.6. The zero-order valence-corrected chi connectivity index (χ0v) is 13.7. The maximum absolute atomic E-state index is 13.6. The van der Waals surface area contributed by atoms with E-state index >= 15 is 0 Å². The molecule has 0 amide bonds. The minimum Gasteiger partial charge on any atom is -0.379 e. The van der Waals surface area contributed by atoms with Crippen LogP contribution in [0.25, 0.3) is 0 Å². The van der Waals surface area contributed by atoms with Gasteiger partial charge in [0, 0.05) is 13.2 Å². The van der Waals surface area contributed by atoms with Crippen LogP contribution in [0.15, 0.2) is 22.7 Å². The molecule has 0 radical (unpaired) electrons. The molecule has 0 aliphatic rings. The average molecular weight is 332 g/mol. The molecule has 1 aromatic rings. The van der Waals surface area contributed by atoms with Gasteiger partial charge in [-0.05, 0) is 60.8 Å². The van der Waals surface area contributed by atoms with Gasteiger partial charge in [0.15, 0.2) is 0 Å². The Morgan fingerprint density at radius 2 is 2.11 bits per heavy atom. The van der Waals surface area contributed by atoms with E-state index in [9.17, 15) is 4.39 Å². The van der Waals surface area contributed by atoms with Crippen LogP contribution < -0.4 is 5.32 Å². The van der Waals surface area contributed by atoms with Crippen molar-refractivity contribution in [2.75, 3.05) is 13.7 Å². The molecule has 1 rings (SSSR count). The Balaban J connectivity index is 2.85. The van der Waals surface area contributed by atoms with Crippen LogP contribution in [0.4, 0.5) is 4.39 Å². The van der Waals surface area contributed by atoms with Gasteiger partial charge in [0.25, 0.3) is 0 Å². The lowest BCUT2D eigenvalue weighted by molar-refractivity contribution is 0.0117. The van der Waals surface area contributed by atoms with E-state index < -0.39 is 0 Å². The van der Waals surface area contributed by atoms with E-state index in [0.29, 0.717) is 4.47 Å². The summed E-state index contributed by atoms with van der Waals surface area (Å²) < 4.78 is 19.6. The lowest BCUT2D eigenvalue weighted by Gasteiger charge is -2.27. The number of benzene rings is 1. The highest BCUT2D eigenvalue weighted by atomic mass is 79.9. The molecule has 0 fully saturated rings. The minimum absolute atomic E-state index is 0.129. The molecule has 0 saturated carbocycles. The van der Waals surface area contributed by atoms with E-state index in [1.165, 1.54) is 6.07 Å². The third-order valence-corrected chi connectivity index (χ3v) is 4.23. The third-order valence-electron chi connectivity index (χ3n) is 3.40. The second-order valence-corrected chi connectivity index (χ2v) is 6.05. The van der Waals surface area contributed by atoms with Crippen molar-refractivity contribution in [3.63, 3.8) is 0 Å². The molecular weight excluding hydrogens is 309 g/mol. The molecule has 1 N–H and O–H groups in total. The van der Waals surface area contributed by atoms with E-state index in [4.69, 9.17) is 4.74 Å². The summed E-state index contributed by atoms with van der Waals surface area (Å²) in [7, 11) is 1.72.